The minimum absolute atomic E-state index is 0.219. The van der Waals surface area contributed by atoms with Crippen LogP contribution in [-0.2, 0) is 6.42 Å². The van der Waals surface area contributed by atoms with E-state index in [2.05, 4.69) is 22.3 Å². The average molecular weight is 230 g/mol. The Hall–Kier alpha value is -1.77. The highest BCUT2D eigenvalue weighted by Gasteiger charge is 2.03. The third-order valence-electron chi connectivity index (χ3n) is 2.62. The first-order chi connectivity index (χ1) is 8.15. The van der Waals surface area contributed by atoms with E-state index in [0.29, 0.717) is 0 Å². The van der Waals surface area contributed by atoms with Gasteiger partial charge >= 0.3 is 0 Å². The maximum absolute atomic E-state index is 5.61. The van der Waals surface area contributed by atoms with E-state index in [0.717, 1.165) is 17.9 Å². The van der Waals surface area contributed by atoms with Gasteiger partial charge in [0, 0.05) is 12.1 Å². The van der Waals surface area contributed by atoms with Crippen LogP contribution in [0.1, 0.15) is 30.7 Å². The van der Waals surface area contributed by atoms with Crippen LogP contribution in [-0.4, -0.2) is 16.3 Å². The fraction of sp³-hybridized carbons (Fsp3) is 0.357. The van der Waals surface area contributed by atoms with Gasteiger partial charge in [0.1, 0.15) is 5.75 Å². The van der Waals surface area contributed by atoms with E-state index in [1.165, 1.54) is 11.1 Å². The van der Waals surface area contributed by atoms with Gasteiger partial charge in [-0.3, -0.25) is 5.10 Å². The molecule has 0 radical (unpaired) electrons. The summed E-state index contributed by atoms with van der Waals surface area (Å²) in [4.78, 5) is 0. The van der Waals surface area contributed by atoms with E-state index in [1.807, 2.05) is 39.1 Å². The quantitative estimate of drug-likeness (QED) is 0.876. The van der Waals surface area contributed by atoms with Crippen LogP contribution in [0.15, 0.2) is 30.5 Å². The Kier molecular flexibility index (Phi) is 3.47. The molecule has 3 heteroatoms. The lowest BCUT2D eigenvalue weighted by molar-refractivity contribution is 0.242. The first-order valence-electron chi connectivity index (χ1n) is 5.89. The molecule has 17 heavy (non-hydrogen) atoms. The Balaban J connectivity index is 2.06. The second-order valence-corrected chi connectivity index (χ2v) is 4.51. The summed E-state index contributed by atoms with van der Waals surface area (Å²) in [6.45, 7) is 6.10. The summed E-state index contributed by atoms with van der Waals surface area (Å²) < 4.78 is 5.61. The molecule has 0 saturated carbocycles. The third-order valence-corrected chi connectivity index (χ3v) is 2.62. The van der Waals surface area contributed by atoms with Crippen molar-refractivity contribution in [2.24, 2.45) is 0 Å². The summed E-state index contributed by atoms with van der Waals surface area (Å²) in [5.41, 5.74) is 3.64. The summed E-state index contributed by atoms with van der Waals surface area (Å²) >= 11 is 0. The first-order valence-corrected chi connectivity index (χ1v) is 5.89. The molecule has 0 atom stereocenters. The molecule has 0 bridgehead atoms. The van der Waals surface area contributed by atoms with Crippen molar-refractivity contribution in [1.29, 1.82) is 0 Å². The predicted molar refractivity (Wildman–Crippen MR) is 68.3 cm³/mol. The number of benzene rings is 1. The fourth-order valence-corrected chi connectivity index (χ4v) is 1.73. The van der Waals surface area contributed by atoms with Gasteiger partial charge in [-0.2, -0.15) is 5.10 Å². The number of H-pyrrole nitrogens is 1. The van der Waals surface area contributed by atoms with Crippen LogP contribution in [0.5, 0.6) is 5.75 Å². The molecular weight excluding hydrogens is 212 g/mol. The molecule has 2 rings (SSSR count). The van der Waals surface area contributed by atoms with E-state index < -0.39 is 0 Å². The lowest BCUT2D eigenvalue weighted by Crippen LogP contribution is -2.05. The molecule has 2 aromatic rings. The second-order valence-electron chi connectivity index (χ2n) is 4.51. The fourth-order valence-electron chi connectivity index (χ4n) is 1.73. The van der Waals surface area contributed by atoms with Crippen LogP contribution >= 0.6 is 0 Å². The minimum Gasteiger partial charge on any atom is -0.491 e. The van der Waals surface area contributed by atoms with E-state index in [9.17, 15) is 0 Å². The molecule has 0 aliphatic carbocycles. The van der Waals surface area contributed by atoms with Crippen molar-refractivity contribution < 1.29 is 4.74 Å². The molecule has 0 unspecified atom stereocenters. The summed E-state index contributed by atoms with van der Waals surface area (Å²) in [5.74, 6) is 0.924. The summed E-state index contributed by atoms with van der Waals surface area (Å²) in [7, 11) is 0. The molecule has 1 heterocycles. The Morgan fingerprint density at radius 2 is 1.94 bits per heavy atom. The van der Waals surface area contributed by atoms with Crippen LogP contribution in [0, 0.1) is 6.92 Å². The maximum Gasteiger partial charge on any atom is 0.119 e. The molecular formula is C14H18N2O. The van der Waals surface area contributed by atoms with Gasteiger partial charge in [-0.25, -0.2) is 0 Å². The number of rotatable bonds is 4. The number of aromatic amines is 1. The zero-order chi connectivity index (χ0) is 12.3. The first kappa shape index (κ1) is 11.7. The molecule has 0 aliphatic heterocycles. The van der Waals surface area contributed by atoms with Crippen molar-refractivity contribution in [1.82, 2.24) is 10.2 Å². The van der Waals surface area contributed by atoms with Crippen molar-refractivity contribution in [2.45, 2.75) is 33.3 Å². The van der Waals surface area contributed by atoms with Gasteiger partial charge in [-0.15, -0.1) is 0 Å². The molecule has 0 fully saturated rings. The molecule has 0 saturated heterocycles. The van der Waals surface area contributed by atoms with Crippen molar-refractivity contribution >= 4 is 0 Å². The van der Waals surface area contributed by atoms with Crippen molar-refractivity contribution in [3.8, 4) is 5.75 Å². The van der Waals surface area contributed by atoms with Crippen LogP contribution in [0.3, 0.4) is 0 Å². The largest absolute Gasteiger partial charge is 0.491 e. The topological polar surface area (TPSA) is 37.9 Å². The van der Waals surface area contributed by atoms with Gasteiger partial charge in [0.25, 0.3) is 0 Å². The molecule has 1 aromatic heterocycles. The highest BCUT2D eigenvalue weighted by atomic mass is 16.5. The van der Waals surface area contributed by atoms with E-state index in [-0.39, 0.29) is 6.10 Å². The molecule has 90 valence electrons. The smallest absolute Gasteiger partial charge is 0.119 e. The van der Waals surface area contributed by atoms with Crippen LogP contribution in [0.4, 0.5) is 0 Å². The van der Waals surface area contributed by atoms with Gasteiger partial charge in [0.2, 0.25) is 0 Å². The Bertz CT molecular complexity index is 471. The van der Waals surface area contributed by atoms with E-state index >= 15 is 0 Å². The van der Waals surface area contributed by atoms with Crippen LogP contribution in [0.25, 0.3) is 0 Å². The summed E-state index contributed by atoms with van der Waals surface area (Å²) in [6.07, 6.45) is 3.01. The third kappa shape index (κ3) is 3.09. The van der Waals surface area contributed by atoms with E-state index in [1.54, 1.807) is 0 Å². The number of nitrogens with zero attached hydrogens (tertiary/aromatic N) is 1. The lowest BCUT2D eigenvalue weighted by Gasteiger charge is -2.09. The lowest BCUT2D eigenvalue weighted by atomic mass is 10.1. The second kappa shape index (κ2) is 5.04. The van der Waals surface area contributed by atoms with Gasteiger partial charge < -0.3 is 4.74 Å². The zero-order valence-corrected chi connectivity index (χ0v) is 10.5. The predicted octanol–water partition coefficient (Wildman–Crippen LogP) is 3.10. The molecule has 0 aliphatic rings. The summed E-state index contributed by atoms with van der Waals surface area (Å²) in [6, 6.07) is 8.24. The average Bonchev–Trinajstić information content (AvgIpc) is 2.67. The highest BCUT2D eigenvalue weighted by molar-refractivity contribution is 5.31. The Morgan fingerprint density at radius 3 is 2.47 bits per heavy atom. The summed E-state index contributed by atoms with van der Waals surface area (Å²) in [5, 5.41) is 6.98. The van der Waals surface area contributed by atoms with Gasteiger partial charge in [0.05, 0.1) is 12.3 Å². The zero-order valence-electron chi connectivity index (χ0n) is 10.5. The van der Waals surface area contributed by atoms with E-state index in [4.69, 9.17) is 4.74 Å². The molecule has 0 amide bonds. The van der Waals surface area contributed by atoms with Gasteiger partial charge in [0.15, 0.2) is 0 Å². The van der Waals surface area contributed by atoms with Gasteiger partial charge in [-0.1, -0.05) is 12.1 Å². The van der Waals surface area contributed by atoms with Crippen molar-refractivity contribution in [3.05, 3.63) is 47.3 Å². The Labute approximate surface area is 102 Å². The molecule has 3 nitrogen and oxygen atoms in total. The monoisotopic (exact) mass is 230 g/mol. The normalized spacial score (nSPS) is 10.8. The number of nitrogens with one attached hydrogen (secondary N) is 1. The SMILES string of the molecule is Cc1[nH]ncc1Cc1ccc(OC(C)C)cc1. The minimum atomic E-state index is 0.219. The van der Waals surface area contributed by atoms with Crippen molar-refractivity contribution in [2.75, 3.05) is 0 Å². The number of ether oxygens (including phenoxy) is 1. The number of hydrogen-bond donors (Lipinski definition) is 1. The Morgan fingerprint density at radius 1 is 1.24 bits per heavy atom. The molecule has 0 spiro atoms. The number of hydrogen-bond acceptors (Lipinski definition) is 2. The molecule has 1 aromatic carbocycles. The van der Waals surface area contributed by atoms with Crippen molar-refractivity contribution in [3.63, 3.8) is 0 Å². The highest BCUT2D eigenvalue weighted by Crippen LogP contribution is 2.17. The van der Waals surface area contributed by atoms with Crippen LogP contribution < -0.4 is 4.74 Å². The molecule has 1 N–H and O–H groups in total. The van der Waals surface area contributed by atoms with Gasteiger partial charge in [-0.05, 0) is 44.0 Å². The maximum atomic E-state index is 5.61. The van der Waals surface area contributed by atoms with Crippen LogP contribution in [0.2, 0.25) is 0 Å². The standard InChI is InChI=1S/C14H18N2O/c1-10(2)17-14-6-4-12(5-7-14)8-13-9-15-16-11(13)3/h4-7,9-10H,8H2,1-3H3,(H,15,16). The number of aromatic nitrogens is 2. The number of aryl methyl sites for hydroxylation is 1.